The van der Waals surface area contributed by atoms with E-state index in [1.807, 2.05) is 37.3 Å². The van der Waals surface area contributed by atoms with E-state index in [1.54, 1.807) is 0 Å². The number of hydrogen-bond acceptors (Lipinski definition) is 3. The molecule has 0 radical (unpaired) electrons. The van der Waals surface area contributed by atoms with Crippen LogP contribution in [0, 0.1) is 6.92 Å². The van der Waals surface area contributed by atoms with Crippen LogP contribution in [0.4, 0.5) is 0 Å². The van der Waals surface area contributed by atoms with Crippen molar-refractivity contribution >= 4 is 34.5 Å². The minimum atomic E-state index is -0.221. The first-order chi connectivity index (χ1) is 8.60. The fraction of sp³-hybridized carbons (Fsp3) is 0.231. The summed E-state index contributed by atoms with van der Waals surface area (Å²) in [4.78, 5) is 1.00. The molecular weight excluding hydrogens is 289 g/mol. The molecule has 0 spiro atoms. The first kappa shape index (κ1) is 13.7. The van der Waals surface area contributed by atoms with E-state index in [4.69, 9.17) is 33.7 Å². The van der Waals surface area contributed by atoms with Gasteiger partial charge in [0.05, 0.1) is 9.36 Å². The lowest BCUT2D eigenvalue weighted by atomic mass is 10.2. The van der Waals surface area contributed by atoms with Crippen LogP contribution in [-0.4, -0.2) is 6.54 Å². The van der Waals surface area contributed by atoms with Gasteiger partial charge >= 0.3 is 0 Å². The van der Waals surface area contributed by atoms with Crippen molar-refractivity contribution < 1.29 is 4.74 Å². The van der Waals surface area contributed by atoms with E-state index in [0.717, 1.165) is 14.8 Å². The molecule has 0 saturated heterocycles. The predicted octanol–water partition coefficient (Wildman–Crippen LogP) is 4.44. The fourth-order valence-corrected chi connectivity index (χ4v) is 2.84. The Balaban J connectivity index is 2.22. The number of aryl methyl sites for hydroxylation is 1. The monoisotopic (exact) mass is 301 g/mol. The highest BCUT2D eigenvalue weighted by atomic mass is 35.5. The zero-order valence-electron chi connectivity index (χ0n) is 9.82. The van der Waals surface area contributed by atoms with E-state index in [2.05, 4.69) is 0 Å². The summed E-state index contributed by atoms with van der Waals surface area (Å²) in [5.41, 5.74) is 6.84. The van der Waals surface area contributed by atoms with Gasteiger partial charge in [-0.2, -0.15) is 0 Å². The molecule has 2 aromatic rings. The number of benzene rings is 1. The van der Waals surface area contributed by atoms with Gasteiger partial charge in [0, 0.05) is 11.4 Å². The van der Waals surface area contributed by atoms with Crippen molar-refractivity contribution in [2.45, 2.75) is 13.0 Å². The van der Waals surface area contributed by atoms with Gasteiger partial charge in [-0.15, -0.1) is 11.3 Å². The lowest BCUT2D eigenvalue weighted by Gasteiger charge is -2.17. The molecule has 5 heteroatoms. The van der Waals surface area contributed by atoms with Crippen LogP contribution in [-0.2, 0) is 0 Å². The van der Waals surface area contributed by atoms with Crippen LogP contribution >= 0.6 is 34.5 Å². The van der Waals surface area contributed by atoms with Gasteiger partial charge in [-0.3, -0.25) is 0 Å². The summed E-state index contributed by atoms with van der Waals surface area (Å²) in [5.74, 6) is 0.650. The number of thiophene rings is 1. The third-order valence-electron chi connectivity index (χ3n) is 2.48. The zero-order valence-corrected chi connectivity index (χ0v) is 12.1. The molecule has 0 fully saturated rings. The van der Waals surface area contributed by atoms with Gasteiger partial charge in [0.1, 0.15) is 11.9 Å². The average Bonchev–Trinajstić information content (AvgIpc) is 2.77. The standard InChI is InChI=1S/C13H13Cl2NOS/c1-8-2-3-9(14)10(6-8)17-11(7-16)12-4-5-13(15)18-12/h2-6,11H,7,16H2,1H3. The smallest absolute Gasteiger partial charge is 0.145 e. The van der Waals surface area contributed by atoms with Crippen LogP contribution < -0.4 is 10.5 Å². The topological polar surface area (TPSA) is 35.2 Å². The van der Waals surface area contributed by atoms with Crippen LogP contribution in [0.15, 0.2) is 30.3 Å². The molecule has 0 saturated carbocycles. The minimum absolute atomic E-state index is 0.221. The summed E-state index contributed by atoms with van der Waals surface area (Å²) < 4.78 is 6.59. The number of halogens is 2. The molecule has 96 valence electrons. The Bertz CT molecular complexity index is 542. The van der Waals surface area contributed by atoms with Gasteiger partial charge in [-0.25, -0.2) is 0 Å². The fourth-order valence-electron chi connectivity index (χ4n) is 1.58. The molecule has 2 N–H and O–H groups in total. The number of hydrogen-bond donors (Lipinski definition) is 1. The maximum Gasteiger partial charge on any atom is 0.145 e. The van der Waals surface area contributed by atoms with Crippen LogP contribution in [0.1, 0.15) is 16.5 Å². The summed E-state index contributed by atoms with van der Waals surface area (Å²) in [6.45, 7) is 2.36. The van der Waals surface area contributed by atoms with E-state index in [9.17, 15) is 0 Å². The lowest BCUT2D eigenvalue weighted by molar-refractivity contribution is 0.218. The molecule has 0 amide bonds. The quantitative estimate of drug-likeness (QED) is 0.906. The highest BCUT2D eigenvalue weighted by Gasteiger charge is 2.15. The molecule has 0 aliphatic rings. The highest BCUT2D eigenvalue weighted by Crippen LogP contribution is 2.33. The largest absolute Gasteiger partial charge is 0.482 e. The molecule has 1 aromatic carbocycles. The van der Waals surface area contributed by atoms with E-state index >= 15 is 0 Å². The Morgan fingerprint density at radius 1 is 1.28 bits per heavy atom. The Morgan fingerprint density at radius 2 is 2.06 bits per heavy atom. The first-order valence-electron chi connectivity index (χ1n) is 5.48. The van der Waals surface area contributed by atoms with Gasteiger partial charge in [0.2, 0.25) is 0 Å². The molecule has 1 heterocycles. The van der Waals surface area contributed by atoms with Gasteiger partial charge < -0.3 is 10.5 Å². The summed E-state index contributed by atoms with van der Waals surface area (Å²) in [6.07, 6.45) is -0.221. The normalized spacial score (nSPS) is 12.4. The van der Waals surface area contributed by atoms with Crippen LogP contribution in [0.2, 0.25) is 9.36 Å². The Hall–Kier alpha value is -0.740. The summed E-state index contributed by atoms with van der Waals surface area (Å²) >= 11 is 13.5. The van der Waals surface area contributed by atoms with E-state index in [1.165, 1.54) is 11.3 Å². The van der Waals surface area contributed by atoms with Gasteiger partial charge in [0.15, 0.2) is 0 Å². The van der Waals surface area contributed by atoms with E-state index in [-0.39, 0.29) is 6.10 Å². The predicted molar refractivity (Wildman–Crippen MR) is 77.9 cm³/mol. The maximum absolute atomic E-state index is 6.10. The molecule has 1 unspecified atom stereocenters. The second-order valence-corrected chi connectivity index (χ2v) is 6.07. The Morgan fingerprint density at radius 3 is 2.67 bits per heavy atom. The summed E-state index contributed by atoms with van der Waals surface area (Å²) in [7, 11) is 0. The molecule has 18 heavy (non-hydrogen) atoms. The molecule has 1 aromatic heterocycles. The molecule has 2 nitrogen and oxygen atoms in total. The zero-order chi connectivity index (χ0) is 13.1. The van der Waals surface area contributed by atoms with Gasteiger partial charge in [-0.05, 0) is 36.8 Å². The minimum Gasteiger partial charge on any atom is -0.482 e. The van der Waals surface area contributed by atoms with E-state index < -0.39 is 0 Å². The van der Waals surface area contributed by atoms with E-state index in [0.29, 0.717) is 17.3 Å². The third-order valence-corrected chi connectivity index (χ3v) is 4.12. The van der Waals surface area contributed by atoms with Crippen molar-refractivity contribution in [3.05, 3.63) is 50.1 Å². The number of ether oxygens (including phenoxy) is 1. The molecule has 1 atom stereocenters. The van der Waals surface area contributed by atoms with Crippen LogP contribution in [0.3, 0.4) is 0 Å². The number of nitrogens with two attached hydrogens (primary N) is 1. The van der Waals surface area contributed by atoms with Crippen LogP contribution in [0.5, 0.6) is 5.75 Å². The Kier molecular flexibility index (Phi) is 4.51. The van der Waals surface area contributed by atoms with Crippen LogP contribution in [0.25, 0.3) is 0 Å². The third kappa shape index (κ3) is 3.18. The van der Waals surface area contributed by atoms with Crippen molar-refractivity contribution in [1.82, 2.24) is 0 Å². The van der Waals surface area contributed by atoms with Crippen molar-refractivity contribution in [2.75, 3.05) is 6.54 Å². The lowest BCUT2D eigenvalue weighted by Crippen LogP contribution is -2.17. The van der Waals surface area contributed by atoms with Crippen molar-refractivity contribution in [2.24, 2.45) is 5.73 Å². The molecular formula is C13H13Cl2NOS. The highest BCUT2D eigenvalue weighted by molar-refractivity contribution is 7.16. The SMILES string of the molecule is Cc1ccc(Cl)c(OC(CN)c2ccc(Cl)s2)c1. The van der Waals surface area contributed by atoms with Gasteiger partial charge in [0.25, 0.3) is 0 Å². The second kappa shape index (κ2) is 5.93. The van der Waals surface area contributed by atoms with Crippen molar-refractivity contribution in [3.63, 3.8) is 0 Å². The Labute approximate surface area is 120 Å². The first-order valence-corrected chi connectivity index (χ1v) is 7.05. The molecule has 2 rings (SSSR count). The average molecular weight is 302 g/mol. The second-order valence-electron chi connectivity index (χ2n) is 3.92. The molecule has 0 aliphatic heterocycles. The molecule has 0 bridgehead atoms. The van der Waals surface area contributed by atoms with Crippen molar-refractivity contribution in [1.29, 1.82) is 0 Å². The molecule has 0 aliphatic carbocycles. The maximum atomic E-state index is 6.10. The summed E-state index contributed by atoms with van der Waals surface area (Å²) in [6, 6.07) is 9.43. The van der Waals surface area contributed by atoms with Gasteiger partial charge in [-0.1, -0.05) is 29.3 Å². The summed E-state index contributed by atoms with van der Waals surface area (Å²) in [5, 5.41) is 0.585. The number of rotatable bonds is 4. The van der Waals surface area contributed by atoms with Crippen molar-refractivity contribution in [3.8, 4) is 5.75 Å².